The minimum atomic E-state index is -0.569. The second kappa shape index (κ2) is 29.3. The number of ether oxygens (including phenoxy) is 1. The summed E-state index contributed by atoms with van der Waals surface area (Å²) >= 11 is 1.88. The number of fused-ring (bicyclic) bond motifs is 28. The molecule has 0 unspecified atom stereocenters. The summed E-state index contributed by atoms with van der Waals surface area (Å²) in [6.45, 7) is 0. The Bertz CT molecular complexity index is 8750. The van der Waals surface area contributed by atoms with Gasteiger partial charge in [0.2, 0.25) is 0 Å². The number of hydrogen-bond donors (Lipinski definition) is 0. The maximum absolute atomic E-state index is 7.04. The van der Waals surface area contributed by atoms with Gasteiger partial charge in [-0.1, -0.05) is 376 Å². The summed E-state index contributed by atoms with van der Waals surface area (Å²) in [5.41, 5.74) is 34.0. The van der Waals surface area contributed by atoms with Crippen LogP contribution in [0, 0.1) is 0 Å². The van der Waals surface area contributed by atoms with E-state index in [9.17, 15) is 0 Å². The predicted octanol–water partition coefficient (Wildman–Crippen LogP) is 31.0. The fourth-order valence-electron chi connectivity index (χ4n) is 21.8. The second-order valence-electron chi connectivity index (χ2n) is 34.1. The van der Waals surface area contributed by atoms with Crippen LogP contribution in [0.15, 0.2) is 455 Å². The number of rotatable bonds is 9. The van der Waals surface area contributed by atoms with Gasteiger partial charge < -0.3 is 18.1 Å². The highest BCUT2D eigenvalue weighted by atomic mass is 32.2. The molecule has 610 valence electrons. The molecule has 0 bridgehead atoms. The molecule has 0 N–H and O–H groups in total. The van der Waals surface area contributed by atoms with E-state index in [1.807, 2.05) is 54.2 Å². The minimum Gasteiger partial charge on any atom is -0.457 e. The molecule has 28 rings (SSSR count). The van der Waals surface area contributed by atoms with Crippen molar-refractivity contribution in [3.8, 4) is 130 Å². The zero-order valence-electron chi connectivity index (χ0n) is 70.4. The van der Waals surface area contributed by atoms with Gasteiger partial charge in [-0.15, -0.1) is 0 Å². The number of nitrogens with zero attached hydrogens (tertiary/aromatic N) is 6. The van der Waals surface area contributed by atoms with Gasteiger partial charge in [-0.2, -0.15) is 0 Å². The van der Waals surface area contributed by atoms with Gasteiger partial charge in [-0.25, -0.2) is 24.9 Å². The molecule has 2 aliphatic carbocycles. The van der Waals surface area contributed by atoms with Crippen molar-refractivity contribution in [3.63, 3.8) is 0 Å². The third-order valence-corrected chi connectivity index (χ3v) is 28.5. The van der Waals surface area contributed by atoms with Crippen LogP contribution in [0.1, 0.15) is 44.5 Å². The zero-order valence-corrected chi connectivity index (χ0v) is 71.2. The van der Waals surface area contributed by atoms with Crippen LogP contribution in [0.5, 0.6) is 11.5 Å². The quantitative estimate of drug-likeness (QED) is 0.140. The van der Waals surface area contributed by atoms with E-state index in [2.05, 4.69) is 399 Å². The van der Waals surface area contributed by atoms with E-state index >= 15 is 0 Å². The summed E-state index contributed by atoms with van der Waals surface area (Å²) in [7, 11) is 0. The first-order valence-electron chi connectivity index (χ1n) is 44.4. The Morgan fingerprint density at radius 3 is 1.33 bits per heavy atom. The molecule has 0 amide bonds. The lowest BCUT2D eigenvalue weighted by atomic mass is 9.66. The average molecular weight is 1690 g/mol. The summed E-state index contributed by atoms with van der Waals surface area (Å²) in [6.07, 6.45) is 0. The molecule has 0 saturated heterocycles. The third kappa shape index (κ3) is 11.2. The molecule has 0 atom stereocenters. The molecule has 4 aliphatic rings. The van der Waals surface area contributed by atoms with Crippen molar-refractivity contribution in [2.45, 2.75) is 20.6 Å². The van der Waals surface area contributed by atoms with Crippen molar-refractivity contribution in [1.82, 2.24) is 29.5 Å². The molecule has 0 radical (unpaired) electrons. The van der Waals surface area contributed by atoms with Gasteiger partial charge in [-0.3, -0.25) is 0 Å². The monoisotopic (exact) mass is 1690 g/mol. The van der Waals surface area contributed by atoms with Gasteiger partial charge in [0.15, 0.2) is 23.3 Å². The fraction of sp³-hybridized carbons (Fsp3) is 0.0165. The molecule has 24 aromatic rings. The Hall–Kier alpha value is -16.9. The highest BCUT2D eigenvalue weighted by molar-refractivity contribution is 7.99. The Morgan fingerprint density at radius 2 is 0.656 bits per heavy atom. The lowest BCUT2D eigenvalue weighted by molar-refractivity contribution is 0.436. The van der Waals surface area contributed by atoms with E-state index in [0.717, 1.165) is 150 Å². The van der Waals surface area contributed by atoms with Gasteiger partial charge in [0, 0.05) is 92.1 Å². The highest BCUT2D eigenvalue weighted by Crippen LogP contribution is 2.66. The maximum atomic E-state index is 7.04. The number of aromatic nitrogens is 6. The summed E-state index contributed by atoms with van der Waals surface area (Å²) in [6, 6.07) is 156. The summed E-state index contributed by atoms with van der Waals surface area (Å²) < 4.78 is 22.5. The molecule has 7 heterocycles. The van der Waals surface area contributed by atoms with E-state index < -0.39 is 10.8 Å². The Morgan fingerprint density at radius 1 is 0.237 bits per heavy atom. The van der Waals surface area contributed by atoms with Crippen molar-refractivity contribution in [1.29, 1.82) is 0 Å². The SMILES string of the molecule is c1ccc(-c2nc(-c3ccc(-c4ccc(-c5cccc6c5-c5ccccc5C65c6ccccc6Sc6ccccc65)cc4)cc3)nc(-c3cccc(-n4c5ccccc5c5ccccc54)c3)n2)cc1.c1ccc2c(c1)Oc1ccccc1C21c2ccccc2-c2c(-c3cccc4c3oc3cccc(-c5nc(-c6cccc7c6oc6ccccc67)nc6ccccc56)c34)cccc21. The topological polar surface area (TPSA) is 105 Å². The Labute approximate surface area is 757 Å². The normalized spacial score (nSPS) is 13.2. The van der Waals surface area contributed by atoms with Crippen molar-refractivity contribution in [2.75, 3.05) is 0 Å². The van der Waals surface area contributed by atoms with Crippen LogP contribution in [0.2, 0.25) is 0 Å². The van der Waals surface area contributed by atoms with Crippen LogP contribution in [0.25, 0.3) is 195 Å². The summed E-state index contributed by atoms with van der Waals surface area (Å²) in [5.74, 6) is 4.24. The molecule has 5 aromatic heterocycles. The first-order valence-corrected chi connectivity index (χ1v) is 45.2. The van der Waals surface area contributed by atoms with Gasteiger partial charge in [0.1, 0.15) is 33.8 Å². The summed E-state index contributed by atoms with van der Waals surface area (Å²) in [5, 5.41) is 7.56. The standard InChI is InChI=1S/C64H40N4S.C57H32N2O3/c1-2-16-44(17-3-1)61-65-62(67-63(66-61)46-18-14-19-47(40-46)68-56-28-10-5-20-49(56)50-21-6-11-29-57(50)68)45-38-34-42(35-39-45)41-32-36-43(37-33-41)48-23-15-27-55-60(48)51-22-4-7-24-52(51)64(55)53-25-8-12-30-58(53)69-59-31-13-9-26-54(59)64;1-4-24-42-37(16-1)51-34(18-13-27-45(51)57(42)43-25-5-9-30-48(43)60-49-31-10-6-26-44(49)57)36-20-11-22-40-52-39(21-14-32-50(52)62-54(36)40)53-38-17-2-7-28-46(38)58-56(59-53)41-23-12-19-35-33-15-3-8-29-47(33)61-55(35)41/h1-40H;1-32H. The molecular formula is C121H72N6O3S. The van der Waals surface area contributed by atoms with E-state index in [4.69, 9.17) is 38.5 Å². The fourth-order valence-corrected chi connectivity index (χ4v) is 23.0. The van der Waals surface area contributed by atoms with E-state index in [0.29, 0.717) is 23.3 Å². The average Bonchev–Trinajstić information content (AvgIpc) is 1.51. The molecule has 2 aliphatic heterocycles. The molecule has 0 fully saturated rings. The highest BCUT2D eigenvalue weighted by Gasteiger charge is 2.53. The van der Waals surface area contributed by atoms with Gasteiger partial charge in [0.25, 0.3) is 0 Å². The van der Waals surface area contributed by atoms with Crippen LogP contribution in [0.4, 0.5) is 0 Å². The van der Waals surface area contributed by atoms with Crippen molar-refractivity contribution < 1.29 is 13.6 Å². The first kappa shape index (κ1) is 74.3. The molecule has 19 aromatic carbocycles. The van der Waals surface area contributed by atoms with Gasteiger partial charge in [-0.05, 0) is 156 Å². The number of para-hydroxylation sites is 8. The lowest BCUT2D eigenvalue weighted by Gasteiger charge is -2.39. The molecule has 10 heteroatoms. The van der Waals surface area contributed by atoms with Crippen LogP contribution < -0.4 is 4.74 Å². The number of hydrogen-bond acceptors (Lipinski definition) is 9. The zero-order chi connectivity index (χ0) is 86.0. The largest absolute Gasteiger partial charge is 0.457 e. The Balaban J connectivity index is 0.000000135. The van der Waals surface area contributed by atoms with E-state index in [1.165, 1.54) is 87.3 Å². The van der Waals surface area contributed by atoms with Crippen LogP contribution in [0.3, 0.4) is 0 Å². The van der Waals surface area contributed by atoms with Crippen LogP contribution in [-0.2, 0) is 10.8 Å². The molecule has 2 spiro atoms. The van der Waals surface area contributed by atoms with Crippen molar-refractivity contribution >= 4 is 88.3 Å². The maximum Gasteiger partial charge on any atom is 0.164 e. The number of benzene rings is 19. The van der Waals surface area contributed by atoms with Crippen molar-refractivity contribution in [3.05, 3.63) is 481 Å². The van der Waals surface area contributed by atoms with Gasteiger partial charge in [0.05, 0.1) is 38.6 Å². The third-order valence-electron chi connectivity index (χ3n) is 27.3. The van der Waals surface area contributed by atoms with E-state index in [-0.39, 0.29) is 0 Å². The first-order chi connectivity index (χ1) is 65.0. The molecule has 9 nitrogen and oxygen atoms in total. The minimum absolute atomic E-state index is 0.402. The number of furan rings is 2. The molecule has 131 heavy (non-hydrogen) atoms. The smallest absolute Gasteiger partial charge is 0.164 e. The van der Waals surface area contributed by atoms with E-state index in [1.54, 1.807) is 0 Å². The van der Waals surface area contributed by atoms with Crippen molar-refractivity contribution in [2.24, 2.45) is 0 Å². The van der Waals surface area contributed by atoms with Crippen LogP contribution >= 0.6 is 11.8 Å². The molecular weight excluding hydrogens is 1620 g/mol. The second-order valence-corrected chi connectivity index (χ2v) is 35.2. The predicted molar refractivity (Wildman–Crippen MR) is 531 cm³/mol. The summed E-state index contributed by atoms with van der Waals surface area (Å²) in [4.78, 5) is 28.5. The molecule has 0 saturated carbocycles. The van der Waals surface area contributed by atoms with Crippen LogP contribution in [-0.4, -0.2) is 29.5 Å². The van der Waals surface area contributed by atoms with Gasteiger partial charge >= 0.3 is 0 Å². The Kier molecular flexibility index (Phi) is 16.6. The lowest BCUT2D eigenvalue weighted by Crippen LogP contribution is -2.32.